The third kappa shape index (κ3) is 4.04. The number of sulfone groups is 1. The van der Waals surface area contributed by atoms with Gasteiger partial charge in [0.05, 0.1) is 12.0 Å². The molecule has 28 heavy (non-hydrogen) atoms. The van der Waals surface area contributed by atoms with Gasteiger partial charge in [-0.15, -0.1) is 0 Å². The Morgan fingerprint density at radius 3 is 2.32 bits per heavy atom. The first-order valence-corrected chi connectivity index (χ1v) is 10.6. The SMILES string of the molecule is CCC(C)Nc1oc(-c2ccc(OC)cc2)nc1S(=O)(=O)c1ccc(C)cc1. The van der Waals surface area contributed by atoms with Gasteiger partial charge in [0.25, 0.3) is 0 Å². The van der Waals surface area contributed by atoms with Gasteiger partial charge in [-0.2, -0.15) is 4.98 Å². The van der Waals surface area contributed by atoms with Crippen molar-refractivity contribution in [1.29, 1.82) is 0 Å². The van der Waals surface area contributed by atoms with Gasteiger partial charge < -0.3 is 14.5 Å². The number of aromatic nitrogens is 1. The van der Waals surface area contributed by atoms with Crippen LogP contribution in [0, 0.1) is 6.92 Å². The number of nitrogens with one attached hydrogen (secondary N) is 1. The molecule has 1 N–H and O–H groups in total. The van der Waals surface area contributed by atoms with E-state index in [4.69, 9.17) is 9.15 Å². The van der Waals surface area contributed by atoms with Crippen LogP contribution >= 0.6 is 0 Å². The van der Waals surface area contributed by atoms with Crippen LogP contribution in [0.15, 0.2) is 62.9 Å². The van der Waals surface area contributed by atoms with E-state index in [0.29, 0.717) is 11.3 Å². The average molecular weight is 401 g/mol. The quantitative estimate of drug-likeness (QED) is 0.619. The zero-order valence-corrected chi connectivity index (χ0v) is 17.2. The molecular weight excluding hydrogens is 376 g/mol. The number of methoxy groups -OCH3 is 1. The lowest BCUT2D eigenvalue weighted by Crippen LogP contribution is -2.15. The summed E-state index contributed by atoms with van der Waals surface area (Å²) >= 11 is 0. The second-order valence-electron chi connectivity index (χ2n) is 6.65. The van der Waals surface area contributed by atoms with E-state index in [1.165, 1.54) is 0 Å². The summed E-state index contributed by atoms with van der Waals surface area (Å²) in [6.45, 7) is 5.87. The summed E-state index contributed by atoms with van der Waals surface area (Å²) in [5, 5.41) is 3.02. The van der Waals surface area contributed by atoms with Crippen LogP contribution in [0.25, 0.3) is 11.5 Å². The summed E-state index contributed by atoms with van der Waals surface area (Å²) < 4.78 is 37.4. The molecule has 0 aliphatic rings. The van der Waals surface area contributed by atoms with Crippen LogP contribution in [-0.2, 0) is 9.84 Å². The number of benzene rings is 2. The van der Waals surface area contributed by atoms with Crippen LogP contribution in [0.5, 0.6) is 5.75 Å². The zero-order valence-electron chi connectivity index (χ0n) is 16.4. The molecule has 0 saturated carbocycles. The lowest BCUT2D eigenvalue weighted by molar-refractivity contribution is 0.415. The number of anilines is 1. The Bertz CT molecular complexity index is 1040. The fourth-order valence-corrected chi connectivity index (χ4v) is 3.86. The first-order chi connectivity index (χ1) is 13.3. The van der Waals surface area contributed by atoms with E-state index in [1.54, 1.807) is 55.6 Å². The molecule has 3 aromatic rings. The Kier molecular flexibility index (Phi) is 5.74. The van der Waals surface area contributed by atoms with Crippen LogP contribution in [-0.4, -0.2) is 26.6 Å². The molecule has 1 heterocycles. The molecule has 0 amide bonds. The number of ether oxygens (including phenoxy) is 1. The second kappa shape index (κ2) is 8.06. The molecule has 1 aromatic heterocycles. The highest BCUT2D eigenvalue weighted by atomic mass is 32.2. The number of nitrogens with zero attached hydrogens (tertiary/aromatic N) is 1. The highest BCUT2D eigenvalue weighted by Crippen LogP contribution is 2.33. The Morgan fingerprint density at radius 2 is 1.75 bits per heavy atom. The Balaban J connectivity index is 2.09. The smallest absolute Gasteiger partial charge is 0.234 e. The van der Waals surface area contributed by atoms with Crippen LogP contribution in [0.1, 0.15) is 25.8 Å². The average Bonchev–Trinajstić information content (AvgIpc) is 3.13. The third-order valence-corrected chi connectivity index (χ3v) is 6.19. The molecule has 6 nitrogen and oxygen atoms in total. The fraction of sp³-hybridized carbons (Fsp3) is 0.286. The normalized spacial score (nSPS) is 12.6. The molecule has 1 atom stereocenters. The maximum Gasteiger partial charge on any atom is 0.234 e. The van der Waals surface area contributed by atoms with E-state index in [0.717, 1.165) is 12.0 Å². The van der Waals surface area contributed by atoms with Gasteiger partial charge in [-0.25, -0.2) is 8.42 Å². The Hall–Kier alpha value is -2.80. The van der Waals surface area contributed by atoms with Crippen molar-refractivity contribution in [3.63, 3.8) is 0 Å². The van der Waals surface area contributed by atoms with Crippen LogP contribution in [0.4, 0.5) is 5.88 Å². The van der Waals surface area contributed by atoms with Crippen molar-refractivity contribution in [3.8, 4) is 17.2 Å². The monoisotopic (exact) mass is 400 g/mol. The molecule has 7 heteroatoms. The number of aryl methyl sites for hydroxylation is 1. The van der Waals surface area contributed by atoms with Crippen LogP contribution < -0.4 is 10.1 Å². The number of hydrogen-bond acceptors (Lipinski definition) is 6. The molecule has 1 unspecified atom stereocenters. The van der Waals surface area contributed by atoms with E-state index in [9.17, 15) is 8.42 Å². The van der Waals surface area contributed by atoms with Gasteiger partial charge in [-0.1, -0.05) is 24.6 Å². The summed E-state index contributed by atoms with van der Waals surface area (Å²) in [4.78, 5) is 4.52. The molecule has 0 fully saturated rings. The minimum absolute atomic E-state index is 0.0311. The van der Waals surface area contributed by atoms with Gasteiger partial charge in [-0.05, 0) is 56.7 Å². The van der Waals surface area contributed by atoms with Gasteiger partial charge in [0.2, 0.25) is 26.6 Å². The van der Waals surface area contributed by atoms with E-state index in [1.807, 2.05) is 20.8 Å². The molecule has 0 aliphatic carbocycles. The first kappa shape index (κ1) is 19.9. The van der Waals surface area contributed by atoms with Crippen molar-refractivity contribution in [3.05, 3.63) is 54.1 Å². The van der Waals surface area contributed by atoms with E-state index in [2.05, 4.69) is 10.3 Å². The second-order valence-corrected chi connectivity index (χ2v) is 8.52. The predicted octanol–water partition coefficient (Wildman–Crippen LogP) is 4.70. The number of rotatable bonds is 7. The van der Waals surface area contributed by atoms with Crippen molar-refractivity contribution in [2.24, 2.45) is 0 Å². The molecule has 148 valence electrons. The standard InChI is InChI=1S/C21H24N2O4S/c1-5-15(3)22-20-21(28(24,25)18-12-6-14(2)7-13-18)23-19(27-20)16-8-10-17(26-4)11-9-16/h6-13,15,22H,5H2,1-4H3. The summed E-state index contributed by atoms with van der Waals surface area (Å²) in [5.74, 6) is 1.08. The van der Waals surface area contributed by atoms with Crippen molar-refractivity contribution in [1.82, 2.24) is 4.98 Å². The summed E-state index contributed by atoms with van der Waals surface area (Å²) in [7, 11) is -2.25. The number of hydrogen-bond donors (Lipinski definition) is 1. The minimum atomic E-state index is -3.83. The largest absolute Gasteiger partial charge is 0.497 e. The highest BCUT2D eigenvalue weighted by Gasteiger charge is 2.29. The van der Waals surface area contributed by atoms with Crippen LogP contribution in [0.2, 0.25) is 0 Å². The van der Waals surface area contributed by atoms with E-state index in [-0.39, 0.29) is 27.7 Å². The van der Waals surface area contributed by atoms with Gasteiger partial charge in [0.1, 0.15) is 5.75 Å². The van der Waals surface area contributed by atoms with Gasteiger partial charge >= 0.3 is 0 Å². The third-order valence-electron chi connectivity index (χ3n) is 4.51. The summed E-state index contributed by atoms with van der Waals surface area (Å²) in [6.07, 6.45) is 0.808. The van der Waals surface area contributed by atoms with Gasteiger partial charge in [-0.3, -0.25) is 0 Å². The number of oxazole rings is 1. The fourth-order valence-electron chi connectivity index (χ4n) is 2.59. The summed E-state index contributed by atoms with van der Waals surface area (Å²) in [5.41, 5.74) is 1.65. The van der Waals surface area contributed by atoms with Crippen molar-refractivity contribution in [2.45, 2.75) is 43.2 Å². The molecule has 0 bridgehead atoms. The Morgan fingerprint density at radius 1 is 1.11 bits per heavy atom. The molecule has 3 rings (SSSR count). The van der Waals surface area contributed by atoms with Crippen molar-refractivity contribution in [2.75, 3.05) is 12.4 Å². The lowest BCUT2D eigenvalue weighted by atomic mass is 10.2. The lowest BCUT2D eigenvalue weighted by Gasteiger charge is -2.11. The molecular formula is C21H24N2O4S. The molecule has 0 aliphatic heterocycles. The highest BCUT2D eigenvalue weighted by molar-refractivity contribution is 7.91. The van der Waals surface area contributed by atoms with Crippen LogP contribution in [0.3, 0.4) is 0 Å². The topological polar surface area (TPSA) is 81.4 Å². The van der Waals surface area contributed by atoms with E-state index >= 15 is 0 Å². The minimum Gasteiger partial charge on any atom is -0.497 e. The van der Waals surface area contributed by atoms with Crippen molar-refractivity contribution < 1.29 is 17.6 Å². The van der Waals surface area contributed by atoms with E-state index < -0.39 is 9.84 Å². The molecule has 0 saturated heterocycles. The maximum absolute atomic E-state index is 13.2. The first-order valence-electron chi connectivity index (χ1n) is 9.08. The molecule has 0 radical (unpaired) electrons. The van der Waals surface area contributed by atoms with Crippen molar-refractivity contribution >= 4 is 15.7 Å². The molecule has 2 aromatic carbocycles. The predicted molar refractivity (Wildman–Crippen MR) is 108 cm³/mol. The van der Waals surface area contributed by atoms with Gasteiger partial charge in [0.15, 0.2) is 0 Å². The Labute approximate surface area is 165 Å². The molecule has 0 spiro atoms. The maximum atomic E-state index is 13.2. The van der Waals surface area contributed by atoms with Gasteiger partial charge in [0, 0.05) is 11.6 Å². The zero-order chi connectivity index (χ0) is 20.3. The summed E-state index contributed by atoms with van der Waals surface area (Å²) in [6, 6.07) is 13.8.